The largest absolute Gasteiger partial charge is 0.370 e. The maximum atomic E-state index is 12.2. The van der Waals surface area contributed by atoms with Crippen molar-refractivity contribution in [1.29, 1.82) is 0 Å². The van der Waals surface area contributed by atoms with Crippen molar-refractivity contribution in [2.75, 3.05) is 12.9 Å². The Kier molecular flexibility index (Phi) is 12.7. The van der Waals surface area contributed by atoms with E-state index < -0.39 is 27.8 Å². The molecule has 0 unspecified atom stereocenters. The van der Waals surface area contributed by atoms with Crippen molar-refractivity contribution in [2.45, 2.75) is 166 Å². The number of rotatable bonds is 15. The van der Waals surface area contributed by atoms with Gasteiger partial charge >= 0.3 is 0 Å². The summed E-state index contributed by atoms with van der Waals surface area (Å²) >= 11 is 0. The monoisotopic (exact) mass is 574 g/mol. The highest BCUT2D eigenvalue weighted by atomic mass is 32.2. The molecule has 3 fully saturated rings. The molecule has 39 heavy (non-hydrogen) atoms. The summed E-state index contributed by atoms with van der Waals surface area (Å²) in [6.45, 7) is 10.6. The summed E-state index contributed by atoms with van der Waals surface area (Å²) in [6, 6.07) is 0. The summed E-state index contributed by atoms with van der Waals surface area (Å²) < 4.78 is 60.9. The van der Waals surface area contributed by atoms with Crippen molar-refractivity contribution in [3.8, 4) is 0 Å². The Labute approximate surface area is 237 Å². The average Bonchev–Trinajstić information content (AvgIpc) is 3.38. The molecule has 3 rings (SSSR count). The second kappa shape index (κ2) is 15.1. The second-order valence-electron chi connectivity index (χ2n) is 12.4. The highest BCUT2D eigenvalue weighted by Gasteiger charge is 2.43. The molecule has 0 aromatic carbocycles. The molecule has 3 heterocycles. The Morgan fingerprint density at radius 2 is 1.59 bits per heavy atom. The molecule has 8 nitrogen and oxygen atoms in total. The van der Waals surface area contributed by atoms with Gasteiger partial charge in [0.15, 0.2) is 11.6 Å². The van der Waals surface area contributed by atoms with Gasteiger partial charge in [-0.05, 0) is 91.9 Å². The molecule has 6 atom stereocenters. The fourth-order valence-corrected chi connectivity index (χ4v) is 6.66. The van der Waals surface area contributed by atoms with Gasteiger partial charge in [-0.3, -0.25) is 4.18 Å². The third-order valence-corrected chi connectivity index (χ3v) is 8.36. The Morgan fingerprint density at radius 1 is 0.872 bits per heavy atom. The van der Waals surface area contributed by atoms with E-state index >= 15 is 0 Å². The van der Waals surface area contributed by atoms with Crippen LogP contribution in [0.25, 0.3) is 0 Å². The quantitative estimate of drug-likeness (QED) is 0.126. The number of hydrogen-bond donors (Lipinski definition) is 0. The number of hydrogen-bond acceptors (Lipinski definition) is 8. The van der Waals surface area contributed by atoms with Crippen LogP contribution < -0.4 is 0 Å². The summed E-state index contributed by atoms with van der Waals surface area (Å²) in [5.74, 6) is -1.32. The molecule has 3 saturated heterocycles. The van der Waals surface area contributed by atoms with E-state index in [2.05, 4.69) is 19.1 Å². The van der Waals surface area contributed by atoms with Crippen LogP contribution in [-0.2, 0) is 38.0 Å². The van der Waals surface area contributed by atoms with E-state index in [9.17, 15) is 8.42 Å². The van der Waals surface area contributed by atoms with Crippen LogP contribution in [0.1, 0.15) is 118 Å². The first-order valence-electron chi connectivity index (χ1n) is 15.2. The molecule has 228 valence electrons. The first kappa shape index (κ1) is 33.0. The lowest BCUT2D eigenvalue weighted by atomic mass is 9.98. The highest BCUT2D eigenvalue weighted by Crippen LogP contribution is 2.37. The van der Waals surface area contributed by atoms with Crippen molar-refractivity contribution >= 4 is 10.1 Å². The number of unbranched alkanes of at least 4 members (excludes halogenated alkanes) is 4. The van der Waals surface area contributed by atoms with Crippen LogP contribution in [0.4, 0.5) is 0 Å². The number of allylic oxidation sites excluding steroid dienone is 2. The SMILES string of the molecule is CCCCCC/C=C\CC[C@H]1OC(C)(C)O[C@@H]1CC[C@H](OS(C)(=O)=O)[C@H]1CC[C@H]([C@H]2CCCOC(C)(C)O2)O1. The van der Waals surface area contributed by atoms with Crippen LogP contribution in [0.5, 0.6) is 0 Å². The summed E-state index contributed by atoms with van der Waals surface area (Å²) in [5.41, 5.74) is 0. The van der Waals surface area contributed by atoms with Gasteiger partial charge in [0.1, 0.15) is 6.10 Å². The average molecular weight is 575 g/mol. The zero-order chi connectivity index (χ0) is 28.5. The van der Waals surface area contributed by atoms with Crippen LogP contribution in [0.2, 0.25) is 0 Å². The maximum Gasteiger partial charge on any atom is 0.264 e. The lowest BCUT2D eigenvalue weighted by Gasteiger charge is -2.31. The summed E-state index contributed by atoms with van der Waals surface area (Å²) in [7, 11) is -3.65. The summed E-state index contributed by atoms with van der Waals surface area (Å²) in [6.07, 6.45) is 16.9. The smallest absolute Gasteiger partial charge is 0.264 e. The van der Waals surface area contributed by atoms with Gasteiger partial charge in [0.2, 0.25) is 0 Å². The molecule has 0 amide bonds. The fraction of sp³-hybridized carbons (Fsp3) is 0.933. The van der Waals surface area contributed by atoms with Gasteiger partial charge in [0.25, 0.3) is 10.1 Å². The Hall–Kier alpha value is -0.550. The van der Waals surface area contributed by atoms with Crippen LogP contribution in [-0.4, -0.2) is 69.5 Å². The predicted octanol–water partition coefficient (Wildman–Crippen LogP) is 6.42. The third-order valence-electron chi connectivity index (χ3n) is 7.76. The molecule has 0 aromatic heterocycles. The highest BCUT2D eigenvalue weighted by molar-refractivity contribution is 7.86. The summed E-state index contributed by atoms with van der Waals surface area (Å²) in [4.78, 5) is 0. The molecule has 3 aliphatic heterocycles. The predicted molar refractivity (Wildman–Crippen MR) is 152 cm³/mol. The molecule has 0 spiro atoms. The van der Waals surface area contributed by atoms with Gasteiger partial charge in [-0.2, -0.15) is 8.42 Å². The molecule has 0 aliphatic carbocycles. The van der Waals surface area contributed by atoms with E-state index in [4.69, 9.17) is 27.9 Å². The van der Waals surface area contributed by atoms with E-state index in [-0.39, 0.29) is 30.5 Å². The molecule has 0 aromatic rings. The van der Waals surface area contributed by atoms with Gasteiger partial charge < -0.3 is 23.7 Å². The minimum Gasteiger partial charge on any atom is -0.370 e. The molecular weight excluding hydrogens is 520 g/mol. The third kappa shape index (κ3) is 11.7. The van der Waals surface area contributed by atoms with Crippen molar-refractivity contribution in [3.05, 3.63) is 12.2 Å². The molecule has 9 heteroatoms. The Bertz CT molecular complexity index is 855. The Balaban J connectivity index is 1.55. The number of ether oxygens (including phenoxy) is 5. The van der Waals surface area contributed by atoms with E-state index in [1.54, 1.807) is 0 Å². The maximum absolute atomic E-state index is 12.2. The van der Waals surface area contributed by atoms with Gasteiger partial charge in [-0.1, -0.05) is 38.3 Å². The molecule has 0 saturated carbocycles. The van der Waals surface area contributed by atoms with Gasteiger partial charge in [0.05, 0.1) is 43.4 Å². The first-order chi connectivity index (χ1) is 18.4. The van der Waals surface area contributed by atoms with Crippen molar-refractivity contribution in [2.24, 2.45) is 0 Å². The molecule has 0 N–H and O–H groups in total. The lowest BCUT2D eigenvalue weighted by molar-refractivity contribution is -0.241. The van der Waals surface area contributed by atoms with Crippen molar-refractivity contribution in [3.63, 3.8) is 0 Å². The minimum atomic E-state index is -3.65. The van der Waals surface area contributed by atoms with E-state index in [1.165, 1.54) is 25.7 Å². The van der Waals surface area contributed by atoms with Crippen LogP contribution in [0.15, 0.2) is 12.2 Å². The van der Waals surface area contributed by atoms with Gasteiger partial charge in [-0.25, -0.2) is 0 Å². The van der Waals surface area contributed by atoms with E-state index in [0.717, 1.165) is 51.2 Å². The normalized spacial score (nSPS) is 32.0. The van der Waals surface area contributed by atoms with Crippen molar-refractivity contribution in [1.82, 2.24) is 0 Å². The molecular formula is C30H54O8S. The summed E-state index contributed by atoms with van der Waals surface area (Å²) in [5, 5.41) is 0. The van der Waals surface area contributed by atoms with Crippen LogP contribution >= 0.6 is 0 Å². The van der Waals surface area contributed by atoms with Crippen molar-refractivity contribution < 1.29 is 36.3 Å². The molecule has 0 bridgehead atoms. The van der Waals surface area contributed by atoms with Crippen LogP contribution in [0, 0.1) is 0 Å². The first-order valence-corrected chi connectivity index (χ1v) is 17.1. The van der Waals surface area contributed by atoms with E-state index in [1.807, 2.05) is 27.7 Å². The van der Waals surface area contributed by atoms with Gasteiger partial charge in [0, 0.05) is 0 Å². The Morgan fingerprint density at radius 3 is 2.31 bits per heavy atom. The zero-order valence-electron chi connectivity index (χ0n) is 25.2. The lowest BCUT2D eigenvalue weighted by Crippen LogP contribution is -2.39. The fourth-order valence-electron chi connectivity index (χ4n) is 5.99. The topological polar surface area (TPSA) is 89.5 Å². The minimum absolute atomic E-state index is 0.0394. The second-order valence-corrected chi connectivity index (χ2v) is 14.0. The standard InChI is InChI=1S/C30H54O8S/c1-7-8-9-10-11-12-13-14-16-26-27(37-30(4,5)36-26)20-21-28(38-39(6,31)32)24-19-18-23(34-24)25-17-15-22-33-29(2,3)35-25/h12-13,23-28H,7-11,14-22H2,1-6H3/b13-12-/t23-,24-,25-,26-,27-,28+/m1/s1. The molecule has 0 radical (unpaired) electrons. The molecule has 3 aliphatic rings. The van der Waals surface area contributed by atoms with Crippen LogP contribution in [0.3, 0.4) is 0 Å². The van der Waals surface area contributed by atoms with E-state index in [0.29, 0.717) is 19.4 Å². The van der Waals surface area contributed by atoms with Gasteiger partial charge in [-0.15, -0.1) is 0 Å². The zero-order valence-corrected chi connectivity index (χ0v) is 26.0.